The molecule has 8 heteroatoms. The van der Waals surface area contributed by atoms with Crippen LogP contribution >= 0.6 is 23.2 Å². The molecule has 0 unspecified atom stereocenters. The number of likely N-dealkylation sites (N-methyl/N-ethyl adjacent to an activating group) is 1. The van der Waals surface area contributed by atoms with E-state index in [1.54, 1.807) is 19.1 Å². The molecule has 1 heterocycles. The summed E-state index contributed by atoms with van der Waals surface area (Å²) in [6.45, 7) is 4.27. The van der Waals surface area contributed by atoms with Gasteiger partial charge in [-0.3, -0.25) is 19.4 Å². The lowest BCUT2D eigenvalue weighted by Gasteiger charge is -2.31. The first-order valence-corrected chi connectivity index (χ1v) is 8.54. The molecule has 0 saturated carbocycles. The van der Waals surface area contributed by atoms with E-state index in [1.165, 1.54) is 13.1 Å². The molecule has 0 spiro atoms. The van der Waals surface area contributed by atoms with Gasteiger partial charge < -0.3 is 4.74 Å². The molecule has 1 aromatic carbocycles. The first-order chi connectivity index (χ1) is 11.8. The number of carbonyl (C=O) groups excluding carboxylic acids is 3. The first-order valence-electron chi connectivity index (χ1n) is 7.79. The number of amides is 4. The Morgan fingerprint density at radius 1 is 1.08 bits per heavy atom. The first kappa shape index (κ1) is 19.3. The maximum atomic E-state index is 12.5. The van der Waals surface area contributed by atoms with Crippen LogP contribution in [0.3, 0.4) is 0 Å². The molecule has 0 atom stereocenters. The summed E-state index contributed by atoms with van der Waals surface area (Å²) in [5, 5.41) is 0.540. The van der Waals surface area contributed by atoms with Gasteiger partial charge in [0.2, 0.25) is 0 Å². The number of halogens is 2. The topological polar surface area (TPSA) is 66.9 Å². The van der Waals surface area contributed by atoms with E-state index in [2.05, 4.69) is 0 Å². The van der Waals surface area contributed by atoms with Gasteiger partial charge in [-0.2, -0.15) is 0 Å². The van der Waals surface area contributed by atoms with Crippen molar-refractivity contribution in [2.75, 3.05) is 20.2 Å². The molecule has 134 valence electrons. The molecule has 0 radical (unpaired) electrons. The van der Waals surface area contributed by atoms with Crippen molar-refractivity contribution in [3.05, 3.63) is 33.3 Å². The zero-order valence-corrected chi connectivity index (χ0v) is 15.6. The second-order valence-corrected chi connectivity index (χ2v) is 6.22. The average molecular weight is 385 g/mol. The van der Waals surface area contributed by atoms with Gasteiger partial charge in [0.15, 0.2) is 5.75 Å². The van der Waals surface area contributed by atoms with E-state index >= 15 is 0 Å². The summed E-state index contributed by atoms with van der Waals surface area (Å²) >= 11 is 12.3. The van der Waals surface area contributed by atoms with E-state index in [4.69, 9.17) is 27.9 Å². The summed E-state index contributed by atoms with van der Waals surface area (Å²) in [5.74, 6) is -0.950. The highest BCUT2D eigenvalue weighted by atomic mass is 35.5. The van der Waals surface area contributed by atoms with Crippen LogP contribution in [-0.2, 0) is 9.59 Å². The fourth-order valence-electron chi connectivity index (χ4n) is 2.43. The van der Waals surface area contributed by atoms with Crippen molar-refractivity contribution in [3.63, 3.8) is 0 Å². The number of urea groups is 1. The van der Waals surface area contributed by atoms with E-state index < -0.39 is 17.8 Å². The van der Waals surface area contributed by atoms with Crippen molar-refractivity contribution < 1.29 is 19.1 Å². The molecule has 1 aliphatic heterocycles. The molecule has 0 bridgehead atoms. The van der Waals surface area contributed by atoms with Crippen molar-refractivity contribution in [1.29, 1.82) is 0 Å². The van der Waals surface area contributed by atoms with Gasteiger partial charge in [0.25, 0.3) is 11.8 Å². The quantitative estimate of drug-likeness (QED) is 0.574. The van der Waals surface area contributed by atoms with Gasteiger partial charge in [-0.05, 0) is 37.1 Å². The highest BCUT2D eigenvalue weighted by molar-refractivity contribution is 6.37. The van der Waals surface area contributed by atoms with Gasteiger partial charge in [0, 0.05) is 13.6 Å². The lowest BCUT2D eigenvalue weighted by molar-refractivity contribution is -0.135. The fraction of sp³-hybridized carbons (Fsp3) is 0.353. The molecule has 2 rings (SSSR count). The molecule has 0 N–H and O–H groups in total. The van der Waals surface area contributed by atoms with Crippen LogP contribution in [0.15, 0.2) is 17.7 Å². The molecule has 0 aliphatic carbocycles. The van der Waals surface area contributed by atoms with Gasteiger partial charge in [-0.25, -0.2) is 4.79 Å². The number of hydrogen-bond donors (Lipinski definition) is 0. The Labute approximate surface area is 155 Å². The minimum absolute atomic E-state index is 0.119. The van der Waals surface area contributed by atoms with Crippen LogP contribution in [0, 0.1) is 0 Å². The summed E-state index contributed by atoms with van der Waals surface area (Å²) < 4.78 is 5.36. The van der Waals surface area contributed by atoms with Gasteiger partial charge in [-0.15, -0.1) is 0 Å². The highest BCUT2D eigenvalue weighted by Crippen LogP contribution is 2.35. The third kappa shape index (κ3) is 3.80. The van der Waals surface area contributed by atoms with E-state index in [9.17, 15) is 14.4 Å². The van der Waals surface area contributed by atoms with Crippen molar-refractivity contribution >= 4 is 47.1 Å². The number of hydrogen-bond acceptors (Lipinski definition) is 4. The summed E-state index contributed by atoms with van der Waals surface area (Å²) in [4.78, 5) is 38.9. The predicted octanol–water partition coefficient (Wildman–Crippen LogP) is 3.61. The molecule has 1 aromatic rings. The summed E-state index contributed by atoms with van der Waals surface area (Å²) in [7, 11) is 1.34. The van der Waals surface area contributed by atoms with Crippen LogP contribution in [0.25, 0.3) is 6.08 Å². The maximum absolute atomic E-state index is 12.5. The van der Waals surface area contributed by atoms with Crippen LogP contribution < -0.4 is 4.74 Å². The fourth-order valence-corrected chi connectivity index (χ4v) is 3.04. The molecular formula is C17H18Cl2N2O4. The van der Waals surface area contributed by atoms with Gasteiger partial charge in [0.05, 0.1) is 16.7 Å². The number of imide groups is 2. The standard InChI is InChI=1S/C17H18Cl2N2O4/c1-4-6-21-16(23)11(15(22)20(3)17(21)24)7-10-8-12(18)14(25-5-2)13(19)9-10/h7-9H,4-6H2,1-3H3/b11-7-. The number of carbonyl (C=O) groups is 3. The molecule has 1 aliphatic rings. The average Bonchev–Trinajstić information content (AvgIpc) is 2.57. The smallest absolute Gasteiger partial charge is 0.333 e. The second kappa shape index (κ2) is 7.89. The SMILES string of the molecule is CCCN1C(=O)/C(=C\c2cc(Cl)c(OCC)c(Cl)c2)C(=O)N(C)C1=O. The van der Waals surface area contributed by atoms with E-state index in [-0.39, 0.29) is 22.2 Å². The molecule has 6 nitrogen and oxygen atoms in total. The van der Waals surface area contributed by atoms with Crippen LogP contribution in [0.4, 0.5) is 4.79 Å². The Hall–Kier alpha value is -2.05. The van der Waals surface area contributed by atoms with Crippen molar-refractivity contribution in [2.45, 2.75) is 20.3 Å². The molecule has 25 heavy (non-hydrogen) atoms. The van der Waals surface area contributed by atoms with Crippen LogP contribution in [-0.4, -0.2) is 47.8 Å². The van der Waals surface area contributed by atoms with E-state index in [0.717, 1.165) is 9.80 Å². The zero-order valence-electron chi connectivity index (χ0n) is 14.1. The zero-order chi connectivity index (χ0) is 18.7. The predicted molar refractivity (Wildman–Crippen MR) is 95.8 cm³/mol. The summed E-state index contributed by atoms with van der Waals surface area (Å²) in [6, 6.07) is 2.47. The van der Waals surface area contributed by atoms with Crippen LogP contribution in [0.5, 0.6) is 5.75 Å². The third-order valence-electron chi connectivity index (χ3n) is 3.60. The number of rotatable bonds is 5. The molecule has 0 aromatic heterocycles. The molecular weight excluding hydrogens is 367 g/mol. The molecule has 1 saturated heterocycles. The number of nitrogens with zero attached hydrogens (tertiary/aromatic N) is 2. The minimum Gasteiger partial charge on any atom is -0.491 e. The number of benzene rings is 1. The Morgan fingerprint density at radius 3 is 2.20 bits per heavy atom. The van der Waals surface area contributed by atoms with Crippen molar-refractivity contribution in [2.24, 2.45) is 0 Å². The summed E-state index contributed by atoms with van der Waals surface area (Å²) in [6.07, 6.45) is 1.97. The van der Waals surface area contributed by atoms with E-state index in [1.807, 2.05) is 6.92 Å². The Bertz CT molecular complexity index is 738. The monoisotopic (exact) mass is 384 g/mol. The summed E-state index contributed by atoms with van der Waals surface area (Å²) in [5.41, 5.74) is 0.348. The third-order valence-corrected chi connectivity index (χ3v) is 4.16. The lowest BCUT2D eigenvalue weighted by Crippen LogP contribution is -2.54. The normalized spacial score (nSPS) is 16.8. The van der Waals surface area contributed by atoms with Crippen molar-refractivity contribution in [3.8, 4) is 5.75 Å². The number of barbiturate groups is 1. The Morgan fingerprint density at radius 2 is 1.68 bits per heavy atom. The Balaban J connectivity index is 2.46. The van der Waals surface area contributed by atoms with Gasteiger partial charge in [-0.1, -0.05) is 30.1 Å². The van der Waals surface area contributed by atoms with Gasteiger partial charge in [0.1, 0.15) is 5.57 Å². The van der Waals surface area contributed by atoms with Crippen LogP contribution in [0.1, 0.15) is 25.8 Å². The Kier molecular flexibility index (Phi) is 6.08. The largest absolute Gasteiger partial charge is 0.491 e. The molecule has 4 amide bonds. The lowest BCUT2D eigenvalue weighted by atomic mass is 10.1. The van der Waals surface area contributed by atoms with Gasteiger partial charge >= 0.3 is 6.03 Å². The maximum Gasteiger partial charge on any atom is 0.333 e. The second-order valence-electron chi connectivity index (χ2n) is 5.41. The van der Waals surface area contributed by atoms with Crippen molar-refractivity contribution in [1.82, 2.24) is 9.80 Å². The van der Waals surface area contributed by atoms with E-state index in [0.29, 0.717) is 24.3 Å². The van der Waals surface area contributed by atoms with Crippen LogP contribution in [0.2, 0.25) is 10.0 Å². The highest BCUT2D eigenvalue weighted by Gasteiger charge is 2.39. The number of ether oxygens (including phenoxy) is 1. The molecule has 1 fully saturated rings. The minimum atomic E-state index is -0.663.